The number of nitrogens with zero attached hydrogens (tertiary/aromatic N) is 3. The van der Waals surface area contributed by atoms with Crippen LogP contribution in [0.25, 0.3) is 0 Å². The average molecular weight is 577 g/mol. The van der Waals surface area contributed by atoms with Crippen molar-refractivity contribution in [3.8, 4) is 5.75 Å². The number of nitrogens with one attached hydrogen (secondary N) is 1. The Labute approximate surface area is 228 Å². The number of sulfonamides is 1. The summed E-state index contributed by atoms with van der Waals surface area (Å²) in [7, 11) is -4.40. The second-order valence-corrected chi connectivity index (χ2v) is 11.8. The first-order valence-corrected chi connectivity index (χ1v) is 14.3. The number of likely N-dealkylation sites (tertiary alicyclic amines) is 1. The smallest absolute Gasteiger partial charge is 0.266 e. The fourth-order valence-electron chi connectivity index (χ4n) is 4.60. The third kappa shape index (κ3) is 6.12. The molecular weight excluding hydrogens is 554 g/mol. The Bertz CT molecular complexity index is 1490. The van der Waals surface area contributed by atoms with E-state index in [-0.39, 0.29) is 29.3 Å². The van der Waals surface area contributed by atoms with Gasteiger partial charge in [0.05, 0.1) is 6.61 Å². The van der Waals surface area contributed by atoms with Crippen molar-refractivity contribution in [2.24, 2.45) is 5.92 Å². The zero-order valence-corrected chi connectivity index (χ0v) is 22.3. The Balaban J connectivity index is 1.33. The predicted molar refractivity (Wildman–Crippen MR) is 142 cm³/mol. The predicted octanol–water partition coefficient (Wildman–Crippen LogP) is 5.57. The topological polar surface area (TPSA) is 84.4 Å². The molecule has 0 bridgehead atoms. The quantitative estimate of drug-likeness (QED) is 0.281. The minimum Gasteiger partial charge on any atom is -0.490 e. The van der Waals surface area contributed by atoms with E-state index >= 15 is 0 Å². The minimum absolute atomic E-state index is 0.0233. The molecule has 0 unspecified atom stereocenters. The molecule has 0 radical (unpaired) electrons. The monoisotopic (exact) mass is 576 g/mol. The first kappa shape index (κ1) is 26.5. The molecule has 5 rings (SSSR count). The molecule has 0 saturated carbocycles. The first-order valence-electron chi connectivity index (χ1n) is 11.7. The van der Waals surface area contributed by atoms with Crippen molar-refractivity contribution in [1.29, 1.82) is 0 Å². The molecule has 4 aromatic rings. The van der Waals surface area contributed by atoms with Gasteiger partial charge in [-0.2, -0.15) is 4.37 Å². The summed E-state index contributed by atoms with van der Waals surface area (Å²) in [6.07, 6.45) is 1.15. The van der Waals surface area contributed by atoms with Crippen LogP contribution in [-0.4, -0.2) is 42.4 Å². The van der Waals surface area contributed by atoms with Gasteiger partial charge in [-0.05, 0) is 23.3 Å². The van der Waals surface area contributed by atoms with Crippen LogP contribution in [0.15, 0.2) is 78.0 Å². The molecule has 12 heteroatoms. The van der Waals surface area contributed by atoms with E-state index in [1.54, 1.807) is 0 Å². The maximum absolute atomic E-state index is 14.9. The number of halogens is 3. The van der Waals surface area contributed by atoms with E-state index in [9.17, 15) is 17.2 Å². The number of hydrogen-bond donors (Lipinski definition) is 1. The van der Waals surface area contributed by atoms with Crippen molar-refractivity contribution >= 4 is 38.3 Å². The van der Waals surface area contributed by atoms with Crippen LogP contribution < -0.4 is 9.46 Å². The second kappa shape index (κ2) is 11.3. The number of benzene rings is 3. The highest BCUT2D eigenvalue weighted by Crippen LogP contribution is 2.35. The molecule has 1 saturated heterocycles. The van der Waals surface area contributed by atoms with Gasteiger partial charge in [-0.1, -0.05) is 54.1 Å². The minimum atomic E-state index is -4.40. The Morgan fingerprint density at radius 2 is 1.82 bits per heavy atom. The lowest BCUT2D eigenvalue weighted by molar-refractivity contribution is 0.224. The van der Waals surface area contributed by atoms with Crippen LogP contribution in [0.2, 0.25) is 5.02 Å². The molecule has 198 valence electrons. The lowest BCUT2D eigenvalue weighted by Crippen LogP contribution is -2.22. The van der Waals surface area contributed by atoms with Gasteiger partial charge in [-0.3, -0.25) is 9.62 Å². The SMILES string of the molecule is O=S(=O)(Nc1ncns1)c1cc(F)c(OC[C@@H]2CN(Cc3ccccc3)C[C@H]2c2ccc(Cl)cc2)cc1F. The van der Waals surface area contributed by atoms with Gasteiger partial charge in [0.2, 0.25) is 5.13 Å². The lowest BCUT2D eigenvalue weighted by Gasteiger charge is -2.20. The van der Waals surface area contributed by atoms with Crippen LogP contribution in [0.5, 0.6) is 5.75 Å². The van der Waals surface area contributed by atoms with E-state index in [0.29, 0.717) is 17.6 Å². The standard InChI is InChI=1S/C26H23ClF2N4O3S2/c27-20-8-6-18(7-9-20)21-14-33(12-17-4-2-1-3-5-17)13-19(21)15-36-24-10-23(29)25(11-22(24)28)38(34,35)32-26-30-16-31-37-26/h1-11,16,19,21H,12-15H2,(H,30,31,32)/t19-,21-/m0/s1. The maximum atomic E-state index is 14.9. The van der Waals surface area contributed by atoms with Gasteiger partial charge in [0.25, 0.3) is 10.0 Å². The van der Waals surface area contributed by atoms with E-state index in [1.165, 1.54) is 5.56 Å². The summed E-state index contributed by atoms with van der Waals surface area (Å²) in [4.78, 5) is 5.16. The number of hydrogen-bond acceptors (Lipinski definition) is 7. The van der Waals surface area contributed by atoms with Crippen LogP contribution in [0.1, 0.15) is 17.0 Å². The third-order valence-corrected chi connectivity index (χ3v) is 8.69. The molecule has 1 aromatic heterocycles. The molecule has 3 aromatic carbocycles. The fourth-order valence-corrected chi connectivity index (χ4v) is 6.46. The van der Waals surface area contributed by atoms with Crippen molar-refractivity contribution in [3.63, 3.8) is 0 Å². The molecule has 2 heterocycles. The number of aromatic nitrogens is 2. The molecule has 7 nitrogen and oxygen atoms in total. The van der Waals surface area contributed by atoms with Crippen LogP contribution in [0.4, 0.5) is 13.9 Å². The summed E-state index contributed by atoms with van der Waals surface area (Å²) < 4.78 is 66.3. The molecule has 0 amide bonds. The highest BCUT2D eigenvalue weighted by atomic mass is 35.5. The average Bonchev–Trinajstić information content (AvgIpc) is 3.55. The van der Waals surface area contributed by atoms with Crippen LogP contribution >= 0.6 is 23.1 Å². The van der Waals surface area contributed by atoms with E-state index in [0.717, 1.165) is 42.6 Å². The van der Waals surface area contributed by atoms with Gasteiger partial charge in [0, 0.05) is 60.2 Å². The van der Waals surface area contributed by atoms with Crippen LogP contribution in [0.3, 0.4) is 0 Å². The van der Waals surface area contributed by atoms with Gasteiger partial charge in [0.15, 0.2) is 11.6 Å². The maximum Gasteiger partial charge on any atom is 0.266 e. The van der Waals surface area contributed by atoms with Crippen molar-refractivity contribution in [3.05, 3.63) is 101 Å². The molecule has 0 aliphatic carbocycles. The zero-order valence-electron chi connectivity index (χ0n) is 19.9. The Hall–Kier alpha value is -3.12. The molecule has 1 N–H and O–H groups in total. The van der Waals surface area contributed by atoms with Crippen molar-refractivity contribution in [1.82, 2.24) is 14.3 Å². The lowest BCUT2D eigenvalue weighted by atomic mass is 9.89. The van der Waals surface area contributed by atoms with Gasteiger partial charge >= 0.3 is 0 Å². The summed E-state index contributed by atoms with van der Waals surface area (Å²) >= 11 is 6.86. The van der Waals surface area contributed by atoms with Gasteiger partial charge in [0.1, 0.15) is 17.0 Å². The van der Waals surface area contributed by atoms with Crippen molar-refractivity contribution < 1.29 is 21.9 Å². The fraction of sp³-hybridized carbons (Fsp3) is 0.231. The number of anilines is 1. The normalized spacial score (nSPS) is 18.0. The molecular formula is C26H23ClF2N4O3S2. The third-order valence-electron chi connectivity index (χ3n) is 6.38. The second-order valence-electron chi connectivity index (χ2n) is 8.97. The highest BCUT2D eigenvalue weighted by Gasteiger charge is 2.35. The van der Waals surface area contributed by atoms with Crippen molar-refractivity contribution in [2.45, 2.75) is 17.4 Å². The molecule has 1 fully saturated rings. The molecule has 1 aliphatic rings. The Morgan fingerprint density at radius 3 is 2.53 bits per heavy atom. The van der Waals surface area contributed by atoms with E-state index in [1.807, 2.05) is 42.5 Å². The van der Waals surface area contributed by atoms with Gasteiger partial charge < -0.3 is 4.74 Å². The number of ether oxygens (including phenoxy) is 1. The van der Waals surface area contributed by atoms with E-state index < -0.39 is 26.6 Å². The van der Waals surface area contributed by atoms with E-state index in [4.69, 9.17) is 16.3 Å². The van der Waals surface area contributed by atoms with Gasteiger partial charge in [-0.15, -0.1) is 0 Å². The van der Waals surface area contributed by atoms with Crippen LogP contribution in [0, 0.1) is 17.6 Å². The highest BCUT2D eigenvalue weighted by molar-refractivity contribution is 7.93. The molecule has 38 heavy (non-hydrogen) atoms. The van der Waals surface area contributed by atoms with E-state index in [2.05, 4.69) is 31.1 Å². The molecule has 2 atom stereocenters. The summed E-state index contributed by atoms with van der Waals surface area (Å²) in [5.74, 6) is -2.41. The van der Waals surface area contributed by atoms with Crippen LogP contribution in [-0.2, 0) is 16.6 Å². The number of rotatable bonds is 9. The molecule has 0 spiro atoms. The summed E-state index contributed by atoms with van der Waals surface area (Å²) in [6, 6.07) is 19.1. The first-order chi connectivity index (χ1) is 18.3. The Kier molecular flexibility index (Phi) is 7.89. The largest absolute Gasteiger partial charge is 0.490 e. The molecule has 1 aliphatic heterocycles. The van der Waals surface area contributed by atoms with Crippen molar-refractivity contribution in [2.75, 3.05) is 24.4 Å². The van der Waals surface area contributed by atoms with Gasteiger partial charge in [-0.25, -0.2) is 22.2 Å². The zero-order chi connectivity index (χ0) is 26.7. The summed E-state index contributed by atoms with van der Waals surface area (Å²) in [6.45, 7) is 2.31. The Morgan fingerprint density at radius 1 is 1.05 bits per heavy atom. The summed E-state index contributed by atoms with van der Waals surface area (Å²) in [5, 5.41) is 0.577. The summed E-state index contributed by atoms with van der Waals surface area (Å²) in [5.41, 5.74) is 2.25.